The minimum atomic E-state index is -3.74. The molecule has 22 heavy (non-hydrogen) atoms. The summed E-state index contributed by atoms with van der Waals surface area (Å²) in [5, 5.41) is 9.87. The van der Waals surface area contributed by atoms with Gasteiger partial charge in [-0.05, 0) is 12.5 Å². The van der Waals surface area contributed by atoms with Gasteiger partial charge in [0.25, 0.3) is 10.0 Å². The van der Waals surface area contributed by atoms with Gasteiger partial charge in [-0.3, -0.25) is 4.79 Å². The molecule has 0 spiro atoms. The predicted molar refractivity (Wildman–Crippen MR) is 84.0 cm³/mol. The normalized spacial score (nSPS) is 11.6. The molecule has 0 fully saturated rings. The number of anilines is 1. The van der Waals surface area contributed by atoms with Gasteiger partial charge in [0.05, 0.1) is 0 Å². The average Bonchev–Trinajstić information content (AvgIpc) is 2.89. The average molecular weight is 340 g/mol. The Balaban J connectivity index is 2.16. The van der Waals surface area contributed by atoms with Crippen molar-refractivity contribution in [2.75, 3.05) is 12.4 Å². The first-order valence-electron chi connectivity index (χ1n) is 6.42. The van der Waals surface area contributed by atoms with Crippen molar-refractivity contribution in [3.8, 4) is 0 Å². The lowest BCUT2D eigenvalue weighted by molar-refractivity contribution is -0.114. The van der Waals surface area contributed by atoms with Crippen molar-refractivity contribution in [3.63, 3.8) is 0 Å². The summed E-state index contributed by atoms with van der Waals surface area (Å²) < 4.78 is 25.9. The summed E-state index contributed by atoms with van der Waals surface area (Å²) in [6.45, 7) is 3.52. The van der Waals surface area contributed by atoms with Gasteiger partial charge in [-0.1, -0.05) is 41.2 Å². The zero-order valence-corrected chi connectivity index (χ0v) is 14.0. The van der Waals surface area contributed by atoms with Crippen molar-refractivity contribution in [1.82, 2.24) is 14.5 Å². The maximum absolute atomic E-state index is 12.4. The fraction of sp³-hybridized carbons (Fsp3) is 0.308. The molecule has 0 aliphatic rings. The van der Waals surface area contributed by atoms with Gasteiger partial charge in [0, 0.05) is 20.5 Å². The number of hydrogen-bond acceptors (Lipinski definition) is 6. The van der Waals surface area contributed by atoms with E-state index in [0.29, 0.717) is 0 Å². The molecule has 9 heteroatoms. The van der Waals surface area contributed by atoms with Crippen LogP contribution in [-0.2, 0) is 21.4 Å². The van der Waals surface area contributed by atoms with Crippen LogP contribution in [0.25, 0.3) is 0 Å². The molecule has 1 amide bonds. The van der Waals surface area contributed by atoms with Crippen LogP contribution < -0.4 is 5.32 Å². The second kappa shape index (κ2) is 6.51. The molecule has 0 aliphatic heterocycles. The first kappa shape index (κ1) is 16.5. The highest BCUT2D eigenvalue weighted by Crippen LogP contribution is 2.23. The zero-order valence-electron chi connectivity index (χ0n) is 12.4. The first-order chi connectivity index (χ1) is 10.3. The molecule has 0 radical (unpaired) electrons. The number of sulfonamides is 1. The molecule has 2 rings (SSSR count). The monoisotopic (exact) mass is 340 g/mol. The zero-order chi connectivity index (χ0) is 16.3. The lowest BCUT2D eigenvalue weighted by Gasteiger charge is -2.15. The maximum Gasteiger partial charge on any atom is 0.272 e. The number of aryl methyl sites for hydroxylation is 1. The smallest absolute Gasteiger partial charge is 0.272 e. The number of nitrogens with zero attached hydrogens (tertiary/aromatic N) is 3. The fourth-order valence-corrected chi connectivity index (χ4v) is 3.98. The van der Waals surface area contributed by atoms with Gasteiger partial charge in [0.2, 0.25) is 15.4 Å². The number of amides is 1. The third kappa shape index (κ3) is 3.87. The van der Waals surface area contributed by atoms with Crippen molar-refractivity contribution in [1.29, 1.82) is 0 Å². The van der Waals surface area contributed by atoms with E-state index in [2.05, 4.69) is 15.5 Å². The van der Waals surface area contributed by atoms with E-state index in [1.54, 1.807) is 0 Å². The van der Waals surface area contributed by atoms with E-state index >= 15 is 0 Å². The van der Waals surface area contributed by atoms with Crippen LogP contribution in [0.4, 0.5) is 5.13 Å². The summed E-state index contributed by atoms with van der Waals surface area (Å²) in [6, 6.07) is 7.61. The minimum Gasteiger partial charge on any atom is -0.301 e. The van der Waals surface area contributed by atoms with Crippen molar-refractivity contribution in [2.45, 2.75) is 24.7 Å². The molecule has 0 saturated heterocycles. The number of carbonyl (C=O) groups is 1. The Labute approximate surface area is 133 Å². The third-order valence-corrected chi connectivity index (χ3v) is 5.83. The predicted octanol–water partition coefficient (Wildman–Crippen LogP) is 1.63. The minimum absolute atomic E-state index is 0.147. The topological polar surface area (TPSA) is 92.3 Å². The molecule has 1 aromatic heterocycles. The van der Waals surface area contributed by atoms with Crippen molar-refractivity contribution in [3.05, 3.63) is 35.4 Å². The molecule has 0 aliphatic carbocycles. The van der Waals surface area contributed by atoms with E-state index in [1.807, 2.05) is 31.2 Å². The Morgan fingerprint density at radius 3 is 2.50 bits per heavy atom. The molecule has 118 valence electrons. The fourth-order valence-electron chi connectivity index (χ4n) is 1.68. The molecule has 1 aromatic carbocycles. The highest BCUT2D eigenvalue weighted by Gasteiger charge is 2.26. The molecule has 7 nitrogen and oxygen atoms in total. The summed E-state index contributed by atoms with van der Waals surface area (Å²) in [4.78, 5) is 10.9. The summed E-state index contributed by atoms with van der Waals surface area (Å²) in [6.07, 6.45) is 0. The molecule has 0 unspecified atom stereocenters. The van der Waals surface area contributed by atoms with Crippen molar-refractivity contribution in [2.24, 2.45) is 0 Å². The standard InChI is InChI=1S/C13H16N4O3S2/c1-9-4-6-11(7-5-9)8-17(3)22(19,20)13-16-15-12(21-13)14-10(2)18/h4-7H,8H2,1-3H3,(H,14,15,18). The van der Waals surface area contributed by atoms with Crippen molar-refractivity contribution < 1.29 is 13.2 Å². The van der Waals surface area contributed by atoms with Crippen LogP contribution >= 0.6 is 11.3 Å². The highest BCUT2D eigenvalue weighted by atomic mass is 32.2. The van der Waals surface area contributed by atoms with E-state index in [4.69, 9.17) is 0 Å². The van der Waals surface area contributed by atoms with Crippen LogP contribution in [0.15, 0.2) is 28.6 Å². The Kier molecular flexibility index (Phi) is 4.89. The van der Waals surface area contributed by atoms with Gasteiger partial charge in [0.1, 0.15) is 0 Å². The van der Waals surface area contributed by atoms with Crippen LogP contribution in [0.5, 0.6) is 0 Å². The molecule has 1 heterocycles. The largest absolute Gasteiger partial charge is 0.301 e. The van der Waals surface area contributed by atoms with Gasteiger partial charge >= 0.3 is 0 Å². The number of aromatic nitrogens is 2. The van der Waals surface area contributed by atoms with Crippen LogP contribution in [0.3, 0.4) is 0 Å². The number of benzene rings is 1. The Morgan fingerprint density at radius 1 is 1.27 bits per heavy atom. The molecular weight excluding hydrogens is 324 g/mol. The van der Waals surface area contributed by atoms with Gasteiger partial charge < -0.3 is 5.32 Å². The molecule has 0 bridgehead atoms. The SMILES string of the molecule is CC(=O)Nc1nnc(S(=O)(=O)N(C)Cc2ccc(C)cc2)s1. The quantitative estimate of drug-likeness (QED) is 0.835. The number of carbonyl (C=O) groups excluding carboxylic acids is 1. The van der Waals surface area contributed by atoms with E-state index in [1.165, 1.54) is 18.3 Å². The van der Waals surface area contributed by atoms with E-state index < -0.39 is 10.0 Å². The van der Waals surface area contributed by atoms with Gasteiger partial charge in [-0.2, -0.15) is 4.31 Å². The second-order valence-corrected chi connectivity index (χ2v) is 8.00. The third-order valence-electron chi connectivity index (χ3n) is 2.85. The van der Waals surface area contributed by atoms with Crippen LogP contribution in [0, 0.1) is 6.92 Å². The molecular formula is C13H16N4O3S2. The number of rotatable bonds is 5. The maximum atomic E-state index is 12.4. The molecule has 0 saturated carbocycles. The molecule has 2 aromatic rings. The Hall–Kier alpha value is -1.84. The summed E-state index contributed by atoms with van der Waals surface area (Å²) in [5.41, 5.74) is 1.99. The van der Waals surface area contributed by atoms with Crippen molar-refractivity contribution >= 4 is 32.4 Å². The van der Waals surface area contributed by atoms with Crippen LogP contribution in [-0.4, -0.2) is 35.9 Å². The molecule has 1 N–H and O–H groups in total. The highest BCUT2D eigenvalue weighted by molar-refractivity contribution is 7.91. The molecule has 0 atom stereocenters. The van der Waals surface area contributed by atoms with Crippen LogP contribution in [0.2, 0.25) is 0 Å². The lowest BCUT2D eigenvalue weighted by Crippen LogP contribution is -2.26. The van der Waals surface area contributed by atoms with Gasteiger partial charge in [-0.25, -0.2) is 8.42 Å². The van der Waals surface area contributed by atoms with Gasteiger partial charge in [0.15, 0.2) is 0 Å². The van der Waals surface area contributed by atoms with E-state index in [-0.39, 0.29) is 21.9 Å². The Morgan fingerprint density at radius 2 is 1.91 bits per heavy atom. The summed E-state index contributed by atoms with van der Waals surface area (Å²) in [7, 11) is -2.25. The number of hydrogen-bond donors (Lipinski definition) is 1. The van der Waals surface area contributed by atoms with E-state index in [9.17, 15) is 13.2 Å². The second-order valence-electron chi connectivity index (χ2n) is 4.80. The van der Waals surface area contributed by atoms with Crippen LogP contribution in [0.1, 0.15) is 18.1 Å². The van der Waals surface area contributed by atoms with E-state index in [0.717, 1.165) is 22.5 Å². The van der Waals surface area contributed by atoms with Gasteiger partial charge in [-0.15, -0.1) is 10.2 Å². The summed E-state index contributed by atoms with van der Waals surface area (Å²) in [5.74, 6) is -0.326. The lowest BCUT2D eigenvalue weighted by atomic mass is 10.1. The summed E-state index contributed by atoms with van der Waals surface area (Å²) >= 11 is 0.826. The first-order valence-corrected chi connectivity index (χ1v) is 8.67. The Bertz CT molecular complexity index is 769. The number of nitrogens with one attached hydrogen (secondary N) is 1.